The van der Waals surface area contributed by atoms with Gasteiger partial charge in [0.2, 0.25) is 0 Å². The molecule has 0 amide bonds. The van der Waals surface area contributed by atoms with Crippen LogP contribution in [-0.4, -0.2) is 19.1 Å². The summed E-state index contributed by atoms with van der Waals surface area (Å²) in [5.41, 5.74) is 5.69. The van der Waals surface area contributed by atoms with Gasteiger partial charge < -0.3 is 10.5 Å². The van der Waals surface area contributed by atoms with Crippen LogP contribution >= 0.6 is 0 Å². The lowest BCUT2D eigenvalue weighted by Crippen LogP contribution is -2.25. The summed E-state index contributed by atoms with van der Waals surface area (Å²) >= 11 is 0. The Hall–Kier alpha value is -0.570. The smallest absolute Gasteiger partial charge is 0.306 e. The fraction of sp³-hybridized carbons (Fsp3) is 0.909. The second-order valence-electron chi connectivity index (χ2n) is 4.05. The van der Waals surface area contributed by atoms with E-state index in [1.165, 1.54) is 25.7 Å². The van der Waals surface area contributed by atoms with Gasteiger partial charge in [-0.1, -0.05) is 25.7 Å². The minimum absolute atomic E-state index is 0.0881. The maximum absolute atomic E-state index is 11.3. The van der Waals surface area contributed by atoms with Crippen molar-refractivity contribution < 1.29 is 9.53 Å². The van der Waals surface area contributed by atoms with E-state index in [9.17, 15) is 4.79 Å². The van der Waals surface area contributed by atoms with Gasteiger partial charge in [-0.2, -0.15) is 0 Å². The van der Waals surface area contributed by atoms with Crippen LogP contribution < -0.4 is 5.73 Å². The lowest BCUT2D eigenvalue weighted by molar-refractivity contribution is -0.144. The van der Waals surface area contributed by atoms with Crippen LogP contribution in [0.25, 0.3) is 0 Å². The number of rotatable bonds is 5. The standard InChI is InChI=1S/C11H21NO2/c1-2-14-11(13)7-10(8-12)9-5-3-4-6-9/h9-10H,2-8,12H2,1H3/t10-/m0/s1. The maximum Gasteiger partial charge on any atom is 0.306 e. The lowest BCUT2D eigenvalue weighted by atomic mass is 9.88. The number of hydrogen-bond acceptors (Lipinski definition) is 3. The first-order valence-electron chi connectivity index (χ1n) is 5.63. The van der Waals surface area contributed by atoms with E-state index in [-0.39, 0.29) is 5.97 Å². The monoisotopic (exact) mass is 199 g/mol. The number of hydrogen-bond donors (Lipinski definition) is 1. The average molecular weight is 199 g/mol. The molecular formula is C11H21NO2. The van der Waals surface area contributed by atoms with Crippen molar-refractivity contribution in [3.63, 3.8) is 0 Å². The van der Waals surface area contributed by atoms with E-state index in [0.29, 0.717) is 31.4 Å². The molecule has 1 atom stereocenters. The predicted octanol–water partition coefficient (Wildman–Crippen LogP) is 1.70. The van der Waals surface area contributed by atoms with E-state index in [2.05, 4.69) is 0 Å². The molecule has 0 bridgehead atoms. The van der Waals surface area contributed by atoms with Crippen molar-refractivity contribution >= 4 is 5.97 Å². The van der Waals surface area contributed by atoms with Gasteiger partial charge in [-0.05, 0) is 25.3 Å². The van der Waals surface area contributed by atoms with E-state index in [0.717, 1.165) is 0 Å². The van der Waals surface area contributed by atoms with E-state index in [1.807, 2.05) is 6.92 Å². The molecule has 2 N–H and O–H groups in total. The molecule has 0 aromatic rings. The van der Waals surface area contributed by atoms with Crippen LogP contribution in [0.15, 0.2) is 0 Å². The van der Waals surface area contributed by atoms with Crippen LogP contribution in [0.2, 0.25) is 0 Å². The van der Waals surface area contributed by atoms with Gasteiger partial charge in [0, 0.05) is 6.42 Å². The van der Waals surface area contributed by atoms with Crippen molar-refractivity contribution in [1.82, 2.24) is 0 Å². The zero-order valence-electron chi connectivity index (χ0n) is 9.00. The summed E-state index contributed by atoms with van der Waals surface area (Å²) in [6.45, 7) is 2.93. The van der Waals surface area contributed by atoms with Crippen molar-refractivity contribution in [1.29, 1.82) is 0 Å². The summed E-state index contributed by atoms with van der Waals surface area (Å²) in [7, 11) is 0. The molecule has 0 unspecified atom stereocenters. The second kappa shape index (κ2) is 6.02. The summed E-state index contributed by atoms with van der Waals surface area (Å²) in [6.07, 6.45) is 5.57. The van der Waals surface area contributed by atoms with Crippen molar-refractivity contribution in [3.05, 3.63) is 0 Å². The molecular weight excluding hydrogens is 178 g/mol. The summed E-state index contributed by atoms with van der Waals surface area (Å²) in [6, 6.07) is 0. The Morgan fingerprint density at radius 2 is 2.14 bits per heavy atom. The third-order valence-corrected chi connectivity index (χ3v) is 3.10. The molecule has 0 spiro atoms. The highest BCUT2D eigenvalue weighted by Crippen LogP contribution is 2.32. The second-order valence-corrected chi connectivity index (χ2v) is 4.05. The highest BCUT2D eigenvalue weighted by molar-refractivity contribution is 5.69. The van der Waals surface area contributed by atoms with Gasteiger partial charge in [0.1, 0.15) is 0 Å². The van der Waals surface area contributed by atoms with Gasteiger partial charge in [0.25, 0.3) is 0 Å². The van der Waals surface area contributed by atoms with E-state index >= 15 is 0 Å². The Morgan fingerprint density at radius 3 is 2.64 bits per heavy atom. The highest BCUT2D eigenvalue weighted by Gasteiger charge is 2.26. The Balaban J connectivity index is 2.33. The molecule has 0 heterocycles. The summed E-state index contributed by atoms with van der Waals surface area (Å²) in [4.78, 5) is 11.3. The molecule has 0 saturated heterocycles. The molecule has 0 radical (unpaired) electrons. The molecule has 3 nitrogen and oxygen atoms in total. The van der Waals surface area contributed by atoms with E-state index in [1.54, 1.807) is 0 Å². The summed E-state index contributed by atoms with van der Waals surface area (Å²) in [5, 5.41) is 0. The van der Waals surface area contributed by atoms with Crippen LogP contribution in [0.4, 0.5) is 0 Å². The van der Waals surface area contributed by atoms with E-state index in [4.69, 9.17) is 10.5 Å². The Labute approximate surface area is 86.0 Å². The van der Waals surface area contributed by atoms with Crippen LogP contribution in [0.1, 0.15) is 39.0 Å². The summed E-state index contributed by atoms with van der Waals surface area (Å²) in [5.74, 6) is 0.913. The zero-order valence-corrected chi connectivity index (χ0v) is 9.00. The maximum atomic E-state index is 11.3. The van der Waals surface area contributed by atoms with Crippen LogP contribution in [0.5, 0.6) is 0 Å². The van der Waals surface area contributed by atoms with Gasteiger partial charge in [0.15, 0.2) is 0 Å². The minimum Gasteiger partial charge on any atom is -0.466 e. The molecule has 3 heteroatoms. The fourth-order valence-corrected chi connectivity index (χ4v) is 2.31. The molecule has 14 heavy (non-hydrogen) atoms. The van der Waals surface area contributed by atoms with E-state index < -0.39 is 0 Å². The molecule has 0 aromatic heterocycles. The predicted molar refractivity (Wildman–Crippen MR) is 55.8 cm³/mol. The van der Waals surface area contributed by atoms with Gasteiger partial charge in [-0.25, -0.2) is 0 Å². The number of nitrogens with two attached hydrogens (primary N) is 1. The topological polar surface area (TPSA) is 52.3 Å². The van der Waals surface area contributed by atoms with Crippen LogP contribution in [0.3, 0.4) is 0 Å². The van der Waals surface area contributed by atoms with Gasteiger partial charge in [-0.15, -0.1) is 0 Å². The van der Waals surface area contributed by atoms with Crippen molar-refractivity contribution in [2.24, 2.45) is 17.6 Å². The molecule has 1 fully saturated rings. The first-order valence-corrected chi connectivity index (χ1v) is 5.63. The SMILES string of the molecule is CCOC(=O)C[C@@H](CN)C1CCCC1. The van der Waals surface area contributed by atoms with Crippen LogP contribution in [-0.2, 0) is 9.53 Å². The first-order chi connectivity index (χ1) is 6.77. The average Bonchev–Trinajstić information content (AvgIpc) is 2.67. The van der Waals surface area contributed by atoms with Gasteiger partial charge >= 0.3 is 5.97 Å². The molecule has 0 aliphatic heterocycles. The summed E-state index contributed by atoms with van der Waals surface area (Å²) < 4.78 is 4.94. The molecule has 0 aromatic carbocycles. The van der Waals surface area contributed by atoms with Crippen molar-refractivity contribution in [3.8, 4) is 0 Å². The zero-order chi connectivity index (χ0) is 10.4. The number of esters is 1. The third kappa shape index (κ3) is 3.29. The molecule has 1 aliphatic carbocycles. The Kier molecular flexibility index (Phi) is 4.94. The first kappa shape index (κ1) is 11.5. The number of ether oxygens (including phenoxy) is 1. The van der Waals surface area contributed by atoms with Gasteiger partial charge in [-0.3, -0.25) is 4.79 Å². The molecule has 1 aliphatic rings. The van der Waals surface area contributed by atoms with Crippen molar-refractivity contribution in [2.45, 2.75) is 39.0 Å². The van der Waals surface area contributed by atoms with Gasteiger partial charge in [0.05, 0.1) is 6.61 Å². The molecule has 1 rings (SSSR count). The normalized spacial score (nSPS) is 19.6. The lowest BCUT2D eigenvalue weighted by Gasteiger charge is -2.20. The molecule has 1 saturated carbocycles. The number of carbonyl (C=O) groups excluding carboxylic acids is 1. The molecule has 82 valence electrons. The largest absolute Gasteiger partial charge is 0.466 e. The third-order valence-electron chi connectivity index (χ3n) is 3.10. The number of carbonyl (C=O) groups is 1. The minimum atomic E-state index is -0.0881. The highest BCUT2D eigenvalue weighted by atomic mass is 16.5. The van der Waals surface area contributed by atoms with Crippen molar-refractivity contribution in [2.75, 3.05) is 13.2 Å². The van der Waals surface area contributed by atoms with Crippen LogP contribution in [0, 0.1) is 11.8 Å². The quantitative estimate of drug-likeness (QED) is 0.686. The Morgan fingerprint density at radius 1 is 1.50 bits per heavy atom. The fourth-order valence-electron chi connectivity index (χ4n) is 2.31. The Bertz CT molecular complexity index is 176.